The van der Waals surface area contributed by atoms with Crippen LogP contribution in [0.25, 0.3) is 0 Å². The van der Waals surface area contributed by atoms with E-state index in [9.17, 15) is 9.59 Å². The summed E-state index contributed by atoms with van der Waals surface area (Å²) >= 11 is 0. The Morgan fingerprint density at radius 2 is 2.35 bits per heavy atom. The minimum atomic E-state index is -0.977. The average Bonchev–Trinajstić information content (AvgIpc) is 2.65. The van der Waals surface area contributed by atoms with Gasteiger partial charge in [0, 0.05) is 25.4 Å². The highest BCUT2D eigenvalue weighted by atomic mass is 16.4. The van der Waals surface area contributed by atoms with E-state index < -0.39 is 12.0 Å². The minimum Gasteiger partial charge on any atom is -0.480 e. The Balaban J connectivity index is 2.18. The zero-order chi connectivity index (χ0) is 12.8. The number of unbranched alkanes of at least 4 members (excludes halogenated alkanes) is 1. The standard InChI is InChI=1S/C12H18N2O3/c1-2-9-7-11(15)14(8-9)6-4-3-5-10(13)12(16)17/h1,9-10H,3-8,13H2,(H,16,17). The third kappa shape index (κ3) is 4.08. The Morgan fingerprint density at radius 1 is 1.65 bits per heavy atom. The molecule has 2 unspecified atom stereocenters. The molecule has 1 rings (SSSR count). The van der Waals surface area contributed by atoms with E-state index in [1.165, 1.54) is 0 Å². The molecule has 1 fully saturated rings. The summed E-state index contributed by atoms with van der Waals surface area (Å²) in [7, 11) is 0. The molecule has 0 radical (unpaired) electrons. The lowest BCUT2D eigenvalue weighted by molar-refractivity contribution is -0.138. The van der Waals surface area contributed by atoms with Crippen molar-refractivity contribution in [3.05, 3.63) is 0 Å². The topological polar surface area (TPSA) is 83.6 Å². The fourth-order valence-electron chi connectivity index (χ4n) is 1.89. The first-order chi connectivity index (χ1) is 8.04. The van der Waals surface area contributed by atoms with Crippen LogP contribution in [0.1, 0.15) is 25.7 Å². The van der Waals surface area contributed by atoms with Gasteiger partial charge in [-0.05, 0) is 19.3 Å². The van der Waals surface area contributed by atoms with Crippen LogP contribution in [0.5, 0.6) is 0 Å². The van der Waals surface area contributed by atoms with Gasteiger partial charge >= 0.3 is 5.97 Å². The van der Waals surface area contributed by atoms with Crippen LogP contribution in [0.2, 0.25) is 0 Å². The number of hydrogen-bond donors (Lipinski definition) is 2. The molecule has 1 saturated heterocycles. The maximum Gasteiger partial charge on any atom is 0.320 e. The monoisotopic (exact) mass is 238 g/mol. The maximum absolute atomic E-state index is 11.5. The first-order valence-corrected chi connectivity index (χ1v) is 5.77. The van der Waals surface area contributed by atoms with E-state index >= 15 is 0 Å². The van der Waals surface area contributed by atoms with E-state index in [-0.39, 0.29) is 11.8 Å². The molecule has 0 aromatic heterocycles. The molecule has 5 nitrogen and oxygen atoms in total. The molecule has 1 amide bonds. The molecule has 0 aromatic carbocycles. The van der Waals surface area contributed by atoms with Gasteiger partial charge in [0.05, 0.1) is 0 Å². The lowest BCUT2D eigenvalue weighted by Crippen LogP contribution is -2.30. The van der Waals surface area contributed by atoms with Gasteiger partial charge in [-0.1, -0.05) is 0 Å². The number of carboxylic acid groups (broad SMARTS) is 1. The van der Waals surface area contributed by atoms with Gasteiger partial charge in [0.2, 0.25) is 5.91 Å². The van der Waals surface area contributed by atoms with Gasteiger partial charge in [0.25, 0.3) is 0 Å². The quantitative estimate of drug-likeness (QED) is 0.506. The zero-order valence-corrected chi connectivity index (χ0v) is 9.76. The van der Waals surface area contributed by atoms with Crippen molar-refractivity contribution in [2.24, 2.45) is 11.7 Å². The van der Waals surface area contributed by atoms with Gasteiger partial charge in [-0.2, -0.15) is 0 Å². The first-order valence-electron chi connectivity index (χ1n) is 5.77. The lowest BCUT2D eigenvalue weighted by atomic mass is 10.1. The molecule has 1 aliphatic heterocycles. The smallest absolute Gasteiger partial charge is 0.320 e. The van der Waals surface area contributed by atoms with Crippen molar-refractivity contribution in [2.75, 3.05) is 13.1 Å². The minimum absolute atomic E-state index is 0.0313. The number of carbonyl (C=O) groups is 2. The molecule has 1 heterocycles. The number of terminal acetylenes is 1. The van der Waals surface area contributed by atoms with E-state index in [0.29, 0.717) is 32.4 Å². The van der Waals surface area contributed by atoms with Gasteiger partial charge in [-0.15, -0.1) is 12.3 Å². The van der Waals surface area contributed by atoms with E-state index in [1.807, 2.05) is 0 Å². The number of carboxylic acids is 1. The Kier molecular flexibility index (Phi) is 4.98. The van der Waals surface area contributed by atoms with E-state index in [0.717, 1.165) is 6.42 Å². The second-order valence-electron chi connectivity index (χ2n) is 4.35. The molecule has 2 atom stereocenters. The highest BCUT2D eigenvalue weighted by molar-refractivity contribution is 5.79. The number of amides is 1. The van der Waals surface area contributed by atoms with Crippen LogP contribution in [-0.4, -0.2) is 41.0 Å². The Labute approximate surface area is 101 Å². The second-order valence-corrected chi connectivity index (χ2v) is 4.35. The van der Waals surface area contributed by atoms with Crippen LogP contribution in [0, 0.1) is 18.3 Å². The first kappa shape index (κ1) is 13.5. The molecular weight excluding hydrogens is 220 g/mol. The van der Waals surface area contributed by atoms with E-state index in [2.05, 4.69) is 5.92 Å². The average molecular weight is 238 g/mol. The lowest BCUT2D eigenvalue weighted by Gasteiger charge is -2.15. The van der Waals surface area contributed by atoms with Crippen molar-refractivity contribution in [1.29, 1.82) is 0 Å². The van der Waals surface area contributed by atoms with Gasteiger partial charge in [-0.25, -0.2) is 0 Å². The molecule has 94 valence electrons. The summed E-state index contributed by atoms with van der Waals surface area (Å²) in [6.07, 6.45) is 7.63. The van der Waals surface area contributed by atoms with Gasteiger partial charge in [-0.3, -0.25) is 9.59 Å². The number of rotatable bonds is 6. The summed E-state index contributed by atoms with van der Waals surface area (Å²) < 4.78 is 0. The highest BCUT2D eigenvalue weighted by Crippen LogP contribution is 2.17. The molecule has 0 bridgehead atoms. The third-order valence-electron chi connectivity index (χ3n) is 2.96. The predicted molar refractivity (Wildman–Crippen MR) is 63.0 cm³/mol. The highest BCUT2D eigenvalue weighted by Gasteiger charge is 2.27. The van der Waals surface area contributed by atoms with E-state index in [4.69, 9.17) is 17.3 Å². The Bertz CT molecular complexity index is 335. The van der Waals surface area contributed by atoms with Crippen LogP contribution >= 0.6 is 0 Å². The normalized spacial score (nSPS) is 21.3. The number of hydrogen-bond acceptors (Lipinski definition) is 3. The zero-order valence-electron chi connectivity index (χ0n) is 9.76. The largest absolute Gasteiger partial charge is 0.480 e. The molecule has 3 N–H and O–H groups in total. The summed E-state index contributed by atoms with van der Waals surface area (Å²) in [5.41, 5.74) is 5.37. The van der Waals surface area contributed by atoms with Crippen LogP contribution in [-0.2, 0) is 9.59 Å². The van der Waals surface area contributed by atoms with Gasteiger partial charge in [0.15, 0.2) is 0 Å². The van der Waals surface area contributed by atoms with Crippen molar-refractivity contribution in [3.8, 4) is 12.3 Å². The van der Waals surface area contributed by atoms with Crippen molar-refractivity contribution in [2.45, 2.75) is 31.7 Å². The molecule has 17 heavy (non-hydrogen) atoms. The molecule has 0 spiro atoms. The number of nitrogens with two attached hydrogens (primary N) is 1. The van der Waals surface area contributed by atoms with Crippen molar-refractivity contribution >= 4 is 11.9 Å². The van der Waals surface area contributed by atoms with Gasteiger partial charge in [0.1, 0.15) is 6.04 Å². The molecular formula is C12H18N2O3. The van der Waals surface area contributed by atoms with Crippen LogP contribution in [0.3, 0.4) is 0 Å². The number of aliphatic carboxylic acids is 1. The molecule has 1 aliphatic rings. The van der Waals surface area contributed by atoms with Crippen LogP contribution in [0.15, 0.2) is 0 Å². The summed E-state index contributed by atoms with van der Waals surface area (Å²) in [5, 5.41) is 8.59. The fourth-order valence-corrected chi connectivity index (χ4v) is 1.89. The summed E-state index contributed by atoms with van der Waals surface area (Å²) in [4.78, 5) is 23.7. The molecule has 0 saturated carbocycles. The van der Waals surface area contributed by atoms with E-state index in [1.54, 1.807) is 4.90 Å². The van der Waals surface area contributed by atoms with Crippen molar-refractivity contribution < 1.29 is 14.7 Å². The summed E-state index contributed by atoms with van der Waals surface area (Å²) in [6.45, 7) is 1.27. The van der Waals surface area contributed by atoms with Gasteiger partial charge < -0.3 is 15.7 Å². The van der Waals surface area contributed by atoms with Crippen LogP contribution < -0.4 is 5.73 Å². The molecule has 5 heteroatoms. The molecule has 0 aliphatic carbocycles. The SMILES string of the molecule is C#CC1CC(=O)N(CCCCC(N)C(=O)O)C1. The maximum atomic E-state index is 11.5. The van der Waals surface area contributed by atoms with Crippen molar-refractivity contribution in [3.63, 3.8) is 0 Å². The third-order valence-corrected chi connectivity index (χ3v) is 2.96. The molecule has 0 aromatic rings. The summed E-state index contributed by atoms with van der Waals surface area (Å²) in [5.74, 6) is 1.73. The second kappa shape index (κ2) is 6.26. The Hall–Kier alpha value is -1.54. The number of carbonyl (C=O) groups excluding carboxylic acids is 1. The predicted octanol–water partition coefficient (Wildman–Crippen LogP) is 0.0503. The number of nitrogens with zero attached hydrogens (tertiary/aromatic N) is 1. The summed E-state index contributed by atoms with van der Waals surface area (Å²) in [6, 6.07) is -0.803. The van der Waals surface area contributed by atoms with Crippen molar-refractivity contribution in [1.82, 2.24) is 4.90 Å². The van der Waals surface area contributed by atoms with Crippen LogP contribution in [0.4, 0.5) is 0 Å². The fraction of sp³-hybridized carbons (Fsp3) is 0.667. The Morgan fingerprint density at radius 3 is 2.88 bits per heavy atom. The number of likely N-dealkylation sites (tertiary alicyclic amines) is 1.